The lowest BCUT2D eigenvalue weighted by Crippen LogP contribution is -2.34. The van der Waals surface area contributed by atoms with Crippen LogP contribution in [0.15, 0.2) is 60.7 Å². The van der Waals surface area contributed by atoms with Crippen molar-refractivity contribution < 1.29 is 9.53 Å². The Labute approximate surface area is 203 Å². The van der Waals surface area contributed by atoms with Crippen molar-refractivity contribution in [2.24, 2.45) is 0 Å². The summed E-state index contributed by atoms with van der Waals surface area (Å²) in [6.45, 7) is 7.71. The van der Waals surface area contributed by atoms with Crippen LogP contribution in [0.4, 0.5) is 0 Å². The van der Waals surface area contributed by atoms with Gasteiger partial charge in [-0.3, -0.25) is 14.7 Å². The van der Waals surface area contributed by atoms with Gasteiger partial charge in [-0.15, -0.1) is 0 Å². The van der Waals surface area contributed by atoms with Gasteiger partial charge in [0.25, 0.3) is 5.91 Å². The molecule has 1 amide bonds. The summed E-state index contributed by atoms with van der Waals surface area (Å²) in [6.07, 6.45) is 2.76. The second-order valence-electron chi connectivity index (χ2n) is 9.24. The smallest absolute Gasteiger partial charge is 0.253 e. The number of benzene rings is 2. The van der Waals surface area contributed by atoms with E-state index in [0.29, 0.717) is 18.0 Å². The molecule has 1 aromatic heterocycles. The summed E-state index contributed by atoms with van der Waals surface area (Å²) < 4.78 is 5.42. The highest BCUT2D eigenvalue weighted by Gasteiger charge is 2.26. The number of amides is 1. The number of carbonyl (C=O) groups is 1. The van der Waals surface area contributed by atoms with Crippen LogP contribution in [0.2, 0.25) is 0 Å². The molecule has 1 aliphatic rings. The Morgan fingerprint density at radius 3 is 2.62 bits per heavy atom. The third kappa shape index (κ3) is 6.03. The number of hydrogen-bond donors (Lipinski definition) is 1. The van der Waals surface area contributed by atoms with Crippen LogP contribution in [-0.2, 0) is 13.0 Å². The number of likely N-dealkylation sites (tertiary alicyclic amines) is 1. The molecule has 0 bridgehead atoms. The number of nitrogens with zero attached hydrogens (tertiary/aromatic N) is 2. The molecule has 0 aliphatic carbocycles. The van der Waals surface area contributed by atoms with Crippen LogP contribution in [-0.4, -0.2) is 42.5 Å². The van der Waals surface area contributed by atoms with Crippen molar-refractivity contribution in [3.8, 4) is 5.75 Å². The SMILES string of the molecule is COc1ccccc1CCNC(=O)c1ccc(C)nc1C1CCN(Cc2cccc(C)c2)CC1. The number of nitrogens with one attached hydrogen (secondary N) is 1. The lowest BCUT2D eigenvalue weighted by atomic mass is 9.89. The summed E-state index contributed by atoms with van der Waals surface area (Å²) >= 11 is 0. The summed E-state index contributed by atoms with van der Waals surface area (Å²) in [7, 11) is 1.67. The molecule has 1 fully saturated rings. The summed E-state index contributed by atoms with van der Waals surface area (Å²) in [5.41, 5.74) is 6.38. The zero-order valence-corrected chi connectivity index (χ0v) is 20.5. The average molecular weight is 458 g/mol. The minimum atomic E-state index is -0.0420. The van der Waals surface area contributed by atoms with Gasteiger partial charge in [-0.2, -0.15) is 0 Å². The zero-order valence-electron chi connectivity index (χ0n) is 20.5. The monoisotopic (exact) mass is 457 g/mol. The van der Waals surface area contributed by atoms with Crippen LogP contribution in [0.25, 0.3) is 0 Å². The number of para-hydroxylation sites is 1. The topological polar surface area (TPSA) is 54.5 Å². The molecule has 5 heteroatoms. The molecule has 3 aromatic rings. The van der Waals surface area contributed by atoms with Crippen LogP contribution in [0.3, 0.4) is 0 Å². The normalized spacial score (nSPS) is 14.7. The largest absolute Gasteiger partial charge is 0.496 e. The van der Waals surface area contributed by atoms with E-state index >= 15 is 0 Å². The second-order valence-corrected chi connectivity index (χ2v) is 9.24. The molecule has 0 unspecified atom stereocenters. The number of rotatable bonds is 8. The van der Waals surface area contributed by atoms with E-state index in [4.69, 9.17) is 9.72 Å². The van der Waals surface area contributed by atoms with E-state index in [9.17, 15) is 4.79 Å². The molecule has 2 heterocycles. The van der Waals surface area contributed by atoms with E-state index in [0.717, 1.165) is 61.6 Å². The Hall–Kier alpha value is -3.18. The van der Waals surface area contributed by atoms with Crippen molar-refractivity contribution >= 4 is 5.91 Å². The molecule has 1 N–H and O–H groups in total. The van der Waals surface area contributed by atoms with Gasteiger partial charge in [-0.1, -0.05) is 48.0 Å². The highest BCUT2D eigenvalue weighted by Crippen LogP contribution is 2.30. The van der Waals surface area contributed by atoms with Gasteiger partial charge < -0.3 is 10.1 Å². The number of ether oxygens (including phenoxy) is 1. The Morgan fingerprint density at radius 2 is 1.85 bits per heavy atom. The van der Waals surface area contributed by atoms with E-state index < -0.39 is 0 Å². The van der Waals surface area contributed by atoms with E-state index in [1.54, 1.807) is 7.11 Å². The van der Waals surface area contributed by atoms with E-state index in [2.05, 4.69) is 41.4 Å². The minimum Gasteiger partial charge on any atom is -0.496 e. The highest BCUT2D eigenvalue weighted by atomic mass is 16.5. The Balaban J connectivity index is 1.37. The second kappa shape index (κ2) is 11.3. The molecule has 178 valence electrons. The standard InChI is InChI=1S/C29H35N3O2/c1-21-7-6-8-23(19-21)20-32-17-14-25(15-18-32)28-26(12-11-22(2)31-28)29(33)30-16-13-24-9-4-5-10-27(24)34-3/h4-12,19,25H,13-18,20H2,1-3H3,(H,30,33). The lowest BCUT2D eigenvalue weighted by Gasteiger charge is -2.32. The summed E-state index contributed by atoms with van der Waals surface area (Å²) in [5.74, 6) is 1.12. The van der Waals surface area contributed by atoms with Gasteiger partial charge in [-0.05, 0) is 75.5 Å². The van der Waals surface area contributed by atoms with Crippen LogP contribution in [0.1, 0.15) is 57.2 Å². The number of aryl methyl sites for hydroxylation is 2. The van der Waals surface area contributed by atoms with Crippen LogP contribution in [0.5, 0.6) is 5.75 Å². The number of pyridine rings is 1. The summed E-state index contributed by atoms with van der Waals surface area (Å²) in [4.78, 5) is 20.4. The van der Waals surface area contributed by atoms with E-state index in [1.807, 2.05) is 43.3 Å². The molecule has 34 heavy (non-hydrogen) atoms. The van der Waals surface area contributed by atoms with E-state index in [-0.39, 0.29) is 5.91 Å². The molecule has 1 saturated heterocycles. The van der Waals surface area contributed by atoms with E-state index in [1.165, 1.54) is 11.1 Å². The van der Waals surface area contributed by atoms with Gasteiger partial charge >= 0.3 is 0 Å². The third-order valence-electron chi connectivity index (χ3n) is 6.64. The maximum atomic E-state index is 13.1. The number of methoxy groups -OCH3 is 1. The van der Waals surface area contributed by atoms with Gasteiger partial charge in [0.15, 0.2) is 0 Å². The van der Waals surface area contributed by atoms with Gasteiger partial charge in [0.1, 0.15) is 5.75 Å². The van der Waals surface area contributed by atoms with Gasteiger partial charge in [0.05, 0.1) is 18.4 Å². The van der Waals surface area contributed by atoms with Crippen LogP contribution >= 0.6 is 0 Å². The van der Waals surface area contributed by atoms with Crippen molar-refractivity contribution in [1.29, 1.82) is 0 Å². The molecule has 0 spiro atoms. The summed E-state index contributed by atoms with van der Waals surface area (Å²) in [5, 5.41) is 3.10. The summed E-state index contributed by atoms with van der Waals surface area (Å²) in [6, 6.07) is 20.6. The number of aromatic nitrogens is 1. The average Bonchev–Trinajstić information content (AvgIpc) is 2.85. The van der Waals surface area contributed by atoms with Crippen molar-refractivity contribution in [3.05, 3.63) is 94.3 Å². The van der Waals surface area contributed by atoms with Crippen molar-refractivity contribution in [1.82, 2.24) is 15.2 Å². The fraction of sp³-hybridized carbons (Fsp3) is 0.379. The Bertz CT molecular complexity index is 1120. The first-order valence-electron chi connectivity index (χ1n) is 12.2. The Kier molecular flexibility index (Phi) is 7.96. The number of piperidine rings is 1. The Morgan fingerprint density at radius 1 is 1.06 bits per heavy atom. The quantitative estimate of drug-likeness (QED) is 0.514. The van der Waals surface area contributed by atoms with Crippen molar-refractivity contribution in [3.63, 3.8) is 0 Å². The lowest BCUT2D eigenvalue weighted by molar-refractivity contribution is 0.0951. The maximum Gasteiger partial charge on any atom is 0.253 e. The van der Waals surface area contributed by atoms with Crippen molar-refractivity contribution in [2.75, 3.05) is 26.7 Å². The zero-order chi connectivity index (χ0) is 23.9. The first-order chi connectivity index (χ1) is 16.5. The molecule has 0 atom stereocenters. The minimum absolute atomic E-state index is 0.0420. The molecule has 2 aromatic carbocycles. The fourth-order valence-corrected chi connectivity index (χ4v) is 4.83. The molecule has 0 radical (unpaired) electrons. The highest BCUT2D eigenvalue weighted by molar-refractivity contribution is 5.95. The van der Waals surface area contributed by atoms with Crippen LogP contribution in [0, 0.1) is 13.8 Å². The number of hydrogen-bond acceptors (Lipinski definition) is 4. The van der Waals surface area contributed by atoms with Crippen molar-refractivity contribution in [2.45, 2.75) is 45.6 Å². The van der Waals surface area contributed by atoms with Gasteiger partial charge in [0, 0.05) is 24.7 Å². The molecular formula is C29H35N3O2. The first kappa shape index (κ1) is 24.0. The number of carbonyl (C=O) groups excluding carboxylic acids is 1. The van der Waals surface area contributed by atoms with Crippen LogP contribution < -0.4 is 10.1 Å². The predicted molar refractivity (Wildman–Crippen MR) is 136 cm³/mol. The molecular weight excluding hydrogens is 422 g/mol. The van der Waals surface area contributed by atoms with Gasteiger partial charge in [-0.25, -0.2) is 0 Å². The predicted octanol–water partition coefficient (Wildman–Crippen LogP) is 5.06. The fourth-order valence-electron chi connectivity index (χ4n) is 4.83. The third-order valence-corrected chi connectivity index (χ3v) is 6.64. The molecule has 0 saturated carbocycles. The van der Waals surface area contributed by atoms with Gasteiger partial charge in [0.2, 0.25) is 0 Å². The first-order valence-corrected chi connectivity index (χ1v) is 12.2. The molecule has 4 rings (SSSR count). The maximum absolute atomic E-state index is 13.1. The molecule has 5 nitrogen and oxygen atoms in total. The molecule has 1 aliphatic heterocycles.